The molecule has 2 aromatic rings. The topological polar surface area (TPSA) is 80.9 Å². The number of tetrazole rings is 1. The molecule has 1 atom stereocenters. The third-order valence-electron chi connectivity index (χ3n) is 3.13. The lowest BCUT2D eigenvalue weighted by atomic mass is 10.0. The minimum absolute atomic E-state index is 0.0429. The molecular formula is C13H14Cl2N4O2. The van der Waals surface area contributed by atoms with E-state index in [-0.39, 0.29) is 18.4 Å². The summed E-state index contributed by atoms with van der Waals surface area (Å²) < 4.78 is 1.50. The molecule has 6 nitrogen and oxygen atoms in total. The molecule has 1 aromatic carbocycles. The molecule has 2 rings (SSSR count). The van der Waals surface area contributed by atoms with Gasteiger partial charge in [-0.15, -0.1) is 5.10 Å². The summed E-state index contributed by atoms with van der Waals surface area (Å²) in [5.41, 5.74) is 0.574. The summed E-state index contributed by atoms with van der Waals surface area (Å²) in [6, 6.07) is 4.60. The molecule has 0 aliphatic rings. The predicted molar refractivity (Wildman–Crippen MR) is 79.4 cm³/mol. The molecule has 1 heterocycles. The van der Waals surface area contributed by atoms with Gasteiger partial charge in [0.15, 0.2) is 5.82 Å². The molecule has 0 amide bonds. The monoisotopic (exact) mass is 328 g/mol. The number of carboxylic acid groups (broad SMARTS) is 1. The maximum absolute atomic E-state index is 11.0. The molecule has 0 fully saturated rings. The van der Waals surface area contributed by atoms with Crippen LogP contribution in [0, 0.1) is 5.92 Å². The van der Waals surface area contributed by atoms with Gasteiger partial charge in [0.1, 0.15) is 0 Å². The molecule has 0 saturated carbocycles. The number of rotatable bonds is 5. The van der Waals surface area contributed by atoms with Crippen molar-refractivity contribution in [3.63, 3.8) is 0 Å². The predicted octanol–water partition coefficient (Wildman–Crippen LogP) is 3.32. The summed E-state index contributed by atoms with van der Waals surface area (Å²) >= 11 is 12.1. The summed E-state index contributed by atoms with van der Waals surface area (Å²) in [7, 11) is 0. The van der Waals surface area contributed by atoms with E-state index in [1.165, 1.54) is 4.68 Å². The highest BCUT2D eigenvalue weighted by Crippen LogP contribution is 2.32. The second-order valence-electron chi connectivity index (χ2n) is 4.98. The van der Waals surface area contributed by atoms with Gasteiger partial charge < -0.3 is 5.11 Å². The minimum Gasteiger partial charge on any atom is -0.481 e. The van der Waals surface area contributed by atoms with E-state index >= 15 is 0 Å². The van der Waals surface area contributed by atoms with E-state index < -0.39 is 5.97 Å². The zero-order valence-corrected chi connectivity index (χ0v) is 13.0. The highest BCUT2D eigenvalue weighted by molar-refractivity contribution is 6.35. The van der Waals surface area contributed by atoms with Crippen molar-refractivity contribution in [2.45, 2.75) is 26.3 Å². The zero-order valence-electron chi connectivity index (χ0n) is 11.5. The minimum atomic E-state index is -0.910. The van der Waals surface area contributed by atoms with Crippen LogP contribution in [0.25, 0.3) is 11.4 Å². The van der Waals surface area contributed by atoms with Crippen molar-refractivity contribution in [1.29, 1.82) is 0 Å². The van der Waals surface area contributed by atoms with Crippen molar-refractivity contribution in [2.75, 3.05) is 0 Å². The van der Waals surface area contributed by atoms with Crippen LogP contribution in [0.1, 0.15) is 26.3 Å². The number of hydrogen-bond acceptors (Lipinski definition) is 4. The first-order chi connectivity index (χ1) is 9.90. The van der Waals surface area contributed by atoms with Gasteiger partial charge in [-0.3, -0.25) is 4.79 Å². The number of nitrogens with zero attached hydrogens (tertiary/aromatic N) is 4. The number of aromatic nitrogens is 4. The van der Waals surface area contributed by atoms with Crippen LogP contribution < -0.4 is 0 Å². The molecule has 0 saturated heterocycles. The number of carbonyl (C=O) groups is 1. The van der Waals surface area contributed by atoms with Gasteiger partial charge in [-0.05, 0) is 34.5 Å². The second-order valence-corrected chi connectivity index (χ2v) is 5.82. The fraction of sp³-hybridized carbons (Fsp3) is 0.385. The summed E-state index contributed by atoms with van der Waals surface area (Å²) in [6.07, 6.45) is -0.0755. The zero-order chi connectivity index (χ0) is 15.6. The first kappa shape index (κ1) is 15.7. The molecule has 1 unspecified atom stereocenters. The second kappa shape index (κ2) is 6.41. The fourth-order valence-corrected chi connectivity index (χ4v) is 2.42. The number of carboxylic acids is 1. The van der Waals surface area contributed by atoms with E-state index in [0.29, 0.717) is 21.4 Å². The van der Waals surface area contributed by atoms with Crippen LogP contribution in [-0.2, 0) is 4.79 Å². The Kier molecular flexibility index (Phi) is 4.80. The average Bonchev–Trinajstić information content (AvgIpc) is 2.87. The Hall–Kier alpha value is -1.66. The van der Waals surface area contributed by atoms with E-state index in [1.54, 1.807) is 18.2 Å². The van der Waals surface area contributed by atoms with Crippen LogP contribution in [-0.4, -0.2) is 31.3 Å². The van der Waals surface area contributed by atoms with Crippen LogP contribution >= 0.6 is 23.2 Å². The summed E-state index contributed by atoms with van der Waals surface area (Å²) in [5, 5.41) is 21.6. The molecule has 21 heavy (non-hydrogen) atoms. The lowest BCUT2D eigenvalue weighted by Gasteiger charge is -2.20. The van der Waals surface area contributed by atoms with E-state index in [2.05, 4.69) is 15.5 Å². The number of aliphatic carboxylic acids is 1. The van der Waals surface area contributed by atoms with E-state index in [0.717, 1.165) is 0 Å². The highest BCUT2D eigenvalue weighted by atomic mass is 35.5. The first-order valence-electron chi connectivity index (χ1n) is 6.35. The molecular weight excluding hydrogens is 315 g/mol. The molecule has 0 radical (unpaired) electrons. The Morgan fingerprint density at radius 3 is 2.71 bits per heavy atom. The molecule has 8 heteroatoms. The molecule has 0 aliphatic carbocycles. The number of halogens is 2. The van der Waals surface area contributed by atoms with Gasteiger partial charge in [0.05, 0.1) is 17.5 Å². The smallest absolute Gasteiger partial charge is 0.305 e. The Bertz CT molecular complexity index is 657. The van der Waals surface area contributed by atoms with Crippen LogP contribution in [0.5, 0.6) is 0 Å². The van der Waals surface area contributed by atoms with Gasteiger partial charge in [0.2, 0.25) is 0 Å². The molecule has 0 aliphatic heterocycles. The molecule has 0 spiro atoms. The van der Waals surface area contributed by atoms with E-state index in [1.807, 2.05) is 13.8 Å². The van der Waals surface area contributed by atoms with Crippen LogP contribution in [0.15, 0.2) is 18.2 Å². The van der Waals surface area contributed by atoms with Gasteiger partial charge in [-0.1, -0.05) is 37.0 Å². The quantitative estimate of drug-likeness (QED) is 0.910. The highest BCUT2D eigenvalue weighted by Gasteiger charge is 2.25. The van der Waals surface area contributed by atoms with Gasteiger partial charge in [-0.25, -0.2) is 4.68 Å². The van der Waals surface area contributed by atoms with Crippen LogP contribution in [0.4, 0.5) is 0 Å². The standard InChI is InChI=1S/C13H14Cl2N4O2/c1-7(2)11(6-12(20)21)19-13(16-17-18-19)9-5-8(14)3-4-10(9)15/h3-5,7,11H,6H2,1-2H3,(H,20,21). The third-order valence-corrected chi connectivity index (χ3v) is 3.69. The summed E-state index contributed by atoms with van der Waals surface area (Å²) in [5.74, 6) is -0.462. The summed E-state index contributed by atoms with van der Waals surface area (Å²) in [4.78, 5) is 11.0. The Labute approximate surface area is 131 Å². The molecule has 1 aromatic heterocycles. The lowest BCUT2D eigenvalue weighted by Crippen LogP contribution is -2.21. The Morgan fingerprint density at radius 1 is 1.38 bits per heavy atom. The van der Waals surface area contributed by atoms with Crippen molar-refractivity contribution in [3.8, 4) is 11.4 Å². The Morgan fingerprint density at radius 2 is 2.10 bits per heavy atom. The first-order valence-corrected chi connectivity index (χ1v) is 7.10. The maximum atomic E-state index is 11.0. The van der Waals surface area contributed by atoms with Gasteiger partial charge >= 0.3 is 5.97 Å². The third kappa shape index (κ3) is 3.51. The summed E-state index contributed by atoms with van der Waals surface area (Å²) in [6.45, 7) is 3.83. The van der Waals surface area contributed by atoms with Crippen LogP contribution in [0.3, 0.4) is 0 Å². The SMILES string of the molecule is CC(C)C(CC(=O)O)n1nnnc1-c1cc(Cl)ccc1Cl. The van der Waals surface area contributed by atoms with Crippen molar-refractivity contribution < 1.29 is 9.90 Å². The van der Waals surface area contributed by atoms with Gasteiger partial charge in [-0.2, -0.15) is 0 Å². The van der Waals surface area contributed by atoms with Gasteiger partial charge in [0, 0.05) is 10.6 Å². The van der Waals surface area contributed by atoms with Gasteiger partial charge in [0.25, 0.3) is 0 Å². The van der Waals surface area contributed by atoms with Crippen LogP contribution in [0.2, 0.25) is 10.0 Å². The lowest BCUT2D eigenvalue weighted by molar-refractivity contribution is -0.138. The average molecular weight is 329 g/mol. The normalized spacial score (nSPS) is 12.6. The molecule has 0 bridgehead atoms. The number of benzene rings is 1. The molecule has 1 N–H and O–H groups in total. The number of hydrogen-bond donors (Lipinski definition) is 1. The largest absolute Gasteiger partial charge is 0.481 e. The van der Waals surface area contributed by atoms with E-state index in [4.69, 9.17) is 28.3 Å². The Balaban J connectivity index is 2.50. The van der Waals surface area contributed by atoms with Crippen molar-refractivity contribution in [2.24, 2.45) is 5.92 Å². The van der Waals surface area contributed by atoms with Crippen molar-refractivity contribution in [3.05, 3.63) is 28.2 Å². The van der Waals surface area contributed by atoms with E-state index in [9.17, 15) is 4.79 Å². The fourth-order valence-electron chi connectivity index (χ4n) is 2.05. The maximum Gasteiger partial charge on any atom is 0.305 e. The molecule has 112 valence electrons. The van der Waals surface area contributed by atoms with Crippen molar-refractivity contribution >= 4 is 29.2 Å². The van der Waals surface area contributed by atoms with Crippen molar-refractivity contribution in [1.82, 2.24) is 20.2 Å².